The van der Waals surface area contributed by atoms with Gasteiger partial charge in [0.05, 0.1) is 18.6 Å². The molecule has 2 saturated heterocycles. The summed E-state index contributed by atoms with van der Waals surface area (Å²) >= 11 is 0. The van der Waals surface area contributed by atoms with Crippen molar-refractivity contribution < 1.29 is 18.7 Å². The van der Waals surface area contributed by atoms with Crippen LogP contribution in [0.2, 0.25) is 0 Å². The predicted molar refractivity (Wildman–Crippen MR) is 82.4 cm³/mol. The van der Waals surface area contributed by atoms with Crippen LogP contribution in [-0.4, -0.2) is 42.9 Å². The number of hydrogen-bond acceptors (Lipinski definition) is 3. The first-order valence-corrected chi connectivity index (χ1v) is 8.47. The van der Waals surface area contributed by atoms with Gasteiger partial charge >= 0.3 is 0 Å². The van der Waals surface area contributed by atoms with E-state index < -0.39 is 11.2 Å². The van der Waals surface area contributed by atoms with Gasteiger partial charge in [-0.05, 0) is 30.5 Å². The number of amides is 1. The Bertz CT molecular complexity index is 598. The maximum Gasteiger partial charge on any atom is 0.233 e. The van der Waals surface area contributed by atoms with Crippen LogP contribution in [-0.2, 0) is 19.7 Å². The summed E-state index contributed by atoms with van der Waals surface area (Å²) in [5, 5.41) is 0. The van der Waals surface area contributed by atoms with Crippen LogP contribution in [0, 0.1) is 5.82 Å². The van der Waals surface area contributed by atoms with Gasteiger partial charge in [0, 0.05) is 25.9 Å². The Kier molecular flexibility index (Phi) is 3.65. The van der Waals surface area contributed by atoms with Gasteiger partial charge in [-0.3, -0.25) is 4.79 Å². The van der Waals surface area contributed by atoms with Gasteiger partial charge < -0.3 is 14.4 Å². The van der Waals surface area contributed by atoms with Gasteiger partial charge in [0.1, 0.15) is 5.82 Å². The molecule has 0 radical (unpaired) electrons. The van der Waals surface area contributed by atoms with E-state index in [9.17, 15) is 9.18 Å². The van der Waals surface area contributed by atoms with Gasteiger partial charge in [-0.2, -0.15) is 0 Å². The maximum atomic E-state index is 13.6. The Morgan fingerprint density at radius 1 is 1.09 bits per heavy atom. The maximum absolute atomic E-state index is 13.6. The zero-order valence-corrected chi connectivity index (χ0v) is 13.2. The third kappa shape index (κ3) is 2.46. The van der Waals surface area contributed by atoms with E-state index in [1.807, 2.05) is 11.0 Å². The third-order valence-electron chi connectivity index (χ3n) is 5.62. The summed E-state index contributed by atoms with van der Waals surface area (Å²) in [5.74, 6) is -0.600. The predicted octanol–water partition coefficient (Wildman–Crippen LogP) is 2.61. The summed E-state index contributed by atoms with van der Waals surface area (Å²) in [6.45, 7) is 2.58. The van der Waals surface area contributed by atoms with Crippen molar-refractivity contribution >= 4 is 5.91 Å². The molecular formula is C18H22FNO3. The van der Waals surface area contributed by atoms with Crippen molar-refractivity contribution in [1.82, 2.24) is 4.90 Å². The minimum atomic E-state index is -0.524. The number of likely N-dealkylation sites (tertiary alicyclic amines) is 1. The Morgan fingerprint density at radius 2 is 1.78 bits per heavy atom. The second-order valence-electron chi connectivity index (χ2n) is 6.85. The molecule has 2 aliphatic heterocycles. The highest BCUT2D eigenvalue weighted by atomic mass is 19.1. The summed E-state index contributed by atoms with van der Waals surface area (Å²) < 4.78 is 25.1. The lowest BCUT2D eigenvalue weighted by Crippen LogP contribution is -2.55. The molecule has 1 spiro atoms. The Hall–Kier alpha value is -1.46. The lowest BCUT2D eigenvalue weighted by atomic mass is 9.63. The Labute approximate surface area is 135 Å². The molecule has 3 aliphatic rings. The number of ether oxygens (including phenoxy) is 2. The van der Waals surface area contributed by atoms with Gasteiger partial charge in [0.15, 0.2) is 5.79 Å². The molecule has 1 aromatic rings. The van der Waals surface area contributed by atoms with E-state index in [2.05, 4.69) is 0 Å². The van der Waals surface area contributed by atoms with Crippen molar-refractivity contribution in [3.8, 4) is 0 Å². The van der Waals surface area contributed by atoms with E-state index in [0.717, 1.165) is 37.7 Å². The zero-order valence-electron chi connectivity index (χ0n) is 13.2. The molecule has 0 N–H and O–H groups in total. The third-order valence-corrected chi connectivity index (χ3v) is 5.62. The SMILES string of the molecule is O=C(N1CCC2(CC1)OCCO2)C1(c2cccc(F)c2)CCC1. The van der Waals surface area contributed by atoms with Crippen LogP contribution < -0.4 is 0 Å². The summed E-state index contributed by atoms with van der Waals surface area (Å²) in [5.41, 5.74) is 0.298. The van der Waals surface area contributed by atoms with Crippen molar-refractivity contribution in [2.45, 2.75) is 43.3 Å². The molecule has 5 heteroatoms. The number of carbonyl (C=O) groups excluding carboxylic acids is 1. The minimum absolute atomic E-state index is 0.141. The van der Waals surface area contributed by atoms with Gasteiger partial charge in [-0.15, -0.1) is 0 Å². The van der Waals surface area contributed by atoms with E-state index in [0.29, 0.717) is 26.3 Å². The summed E-state index contributed by atoms with van der Waals surface area (Å²) in [4.78, 5) is 15.1. The molecule has 4 rings (SSSR count). The fourth-order valence-corrected chi connectivity index (χ4v) is 4.08. The van der Waals surface area contributed by atoms with E-state index in [1.165, 1.54) is 12.1 Å². The summed E-state index contributed by atoms with van der Waals surface area (Å²) in [6, 6.07) is 6.53. The summed E-state index contributed by atoms with van der Waals surface area (Å²) in [6.07, 6.45) is 4.08. The molecule has 1 saturated carbocycles. The van der Waals surface area contributed by atoms with Crippen molar-refractivity contribution in [2.24, 2.45) is 0 Å². The first kappa shape index (κ1) is 15.1. The fraction of sp³-hybridized carbons (Fsp3) is 0.611. The molecule has 0 atom stereocenters. The normalized spacial score (nSPS) is 25.3. The molecule has 1 amide bonds. The molecule has 1 aromatic carbocycles. The molecule has 0 aromatic heterocycles. The fourth-order valence-electron chi connectivity index (χ4n) is 4.08. The van der Waals surface area contributed by atoms with Gasteiger partial charge in [-0.25, -0.2) is 4.39 Å². The standard InChI is InChI=1S/C18H22FNO3/c19-15-4-1-3-14(13-15)17(5-2-6-17)16(21)20-9-7-18(8-10-20)22-11-12-23-18/h1,3-4,13H,2,5-12H2. The first-order chi connectivity index (χ1) is 11.1. The van der Waals surface area contributed by atoms with E-state index >= 15 is 0 Å². The lowest BCUT2D eigenvalue weighted by Gasteiger charge is -2.46. The second kappa shape index (κ2) is 5.56. The van der Waals surface area contributed by atoms with Crippen LogP contribution >= 0.6 is 0 Å². The topological polar surface area (TPSA) is 38.8 Å². The Balaban J connectivity index is 1.51. The van der Waals surface area contributed by atoms with Gasteiger partial charge in [0.2, 0.25) is 5.91 Å². The average Bonchev–Trinajstić information content (AvgIpc) is 2.95. The van der Waals surface area contributed by atoms with Crippen LogP contribution in [0.25, 0.3) is 0 Å². The smallest absolute Gasteiger partial charge is 0.233 e. The number of piperidine rings is 1. The van der Waals surface area contributed by atoms with Crippen LogP contribution in [0.5, 0.6) is 0 Å². The van der Waals surface area contributed by atoms with E-state index in [-0.39, 0.29) is 11.7 Å². The van der Waals surface area contributed by atoms with Crippen LogP contribution in [0.3, 0.4) is 0 Å². The number of rotatable bonds is 2. The van der Waals surface area contributed by atoms with Crippen LogP contribution in [0.4, 0.5) is 4.39 Å². The van der Waals surface area contributed by atoms with Crippen molar-refractivity contribution in [2.75, 3.05) is 26.3 Å². The molecule has 1 aliphatic carbocycles. The van der Waals surface area contributed by atoms with E-state index in [4.69, 9.17) is 9.47 Å². The zero-order chi connectivity index (χ0) is 15.9. The monoisotopic (exact) mass is 319 g/mol. The quantitative estimate of drug-likeness (QED) is 0.841. The lowest BCUT2D eigenvalue weighted by molar-refractivity contribution is -0.189. The molecule has 0 unspecified atom stereocenters. The first-order valence-electron chi connectivity index (χ1n) is 8.47. The van der Waals surface area contributed by atoms with Gasteiger partial charge in [-0.1, -0.05) is 18.6 Å². The highest BCUT2D eigenvalue weighted by Crippen LogP contribution is 2.46. The van der Waals surface area contributed by atoms with Gasteiger partial charge in [0.25, 0.3) is 0 Å². The van der Waals surface area contributed by atoms with Crippen molar-refractivity contribution in [1.29, 1.82) is 0 Å². The molecule has 3 fully saturated rings. The van der Waals surface area contributed by atoms with Crippen LogP contribution in [0.1, 0.15) is 37.7 Å². The highest BCUT2D eigenvalue weighted by Gasteiger charge is 2.50. The molecule has 124 valence electrons. The molecule has 0 bridgehead atoms. The average molecular weight is 319 g/mol. The molecular weight excluding hydrogens is 297 g/mol. The largest absolute Gasteiger partial charge is 0.347 e. The number of hydrogen-bond donors (Lipinski definition) is 0. The number of carbonyl (C=O) groups is 1. The second-order valence-corrected chi connectivity index (χ2v) is 6.85. The molecule has 2 heterocycles. The van der Waals surface area contributed by atoms with Crippen molar-refractivity contribution in [3.63, 3.8) is 0 Å². The number of nitrogens with zero attached hydrogens (tertiary/aromatic N) is 1. The van der Waals surface area contributed by atoms with E-state index in [1.54, 1.807) is 6.07 Å². The highest BCUT2D eigenvalue weighted by molar-refractivity contribution is 5.89. The minimum Gasteiger partial charge on any atom is -0.347 e. The molecule has 4 nitrogen and oxygen atoms in total. The number of benzene rings is 1. The van der Waals surface area contributed by atoms with Crippen molar-refractivity contribution in [3.05, 3.63) is 35.6 Å². The summed E-state index contributed by atoms with van der Waals surface area (Å²) in [7, 11) is 0. The van der Waals surface area contributed by atoms with Crippen LogP contribution in [0.15, 0.2) is 24.3 Å². The molecule has 23 heavy (non-hydrogen) atoms. The number of halogens is 1. The Morgan fingerprint density at radius 3 is 2.35 bits per heavy atom.